The first kappa shape index (κ1) is 11.0. The highest BCUT2D eigenvalue weighted by molar-refractivity contribution is 7.10. The molecule has 17 heavy (non-hydrogen) atoms. The molecule has 0 spiro atoms. The zero-order chi connectivity index (χ0) is 11.7. The molecule has 1 fully saturated rings. The van der Waals surface area contributed by atoms with Crippen LogP contribution in [0.5, 0.6) is 0 Å². The van der Waals surface area contributed by atoms with Gasteiger partial charge in [0.15, 0.2) is 0 Å². The van der Waals surface area contributed by atoms with Crippen molar-refractivity contribution >= 4 is 11.3 Å². The normalized spacial score (nSPS) is 17.2. The molecule has 1 aliphatic carbocycles. The summed E-state index contributed by atoms with van der Waals surface area (Å²) in [6.07, 6.45) is 6.74. The zero-order valence-corrected chi connectivity index (χ0v) is 10.8. The van der Waals surface area contributed by atoms with Gasteiger partial charge in [0, 0.05) is 36.3 Å². The maximum atomic E-state index is 4.20. The minimum atomic E-state index is 0.537. The SMILES string of the molecule is Cn1cc(CNC(c2cccs2)C2CC2)cn1. The number of aromatic nitrogens is 2. The number of hydrogen-bond donors (Lipinski definition) is 1. The quantitative estimate of drug-likeness (QED) is 0.880. The Labute approximate surface area is 105 Å². The van der Waals surface area contributed by atoms with E-state index in [1.807, 2.05) is 29.3 Å². The highest BCUT2D eigenvalue weighted by atomic mass is 32.1. The average molecular weight is 247 g/mol. The van der Waals surface area contributed by atoms with Crippen molar-refractivity contribution in [2.24, 2.45) is 13.0 Å². The lowest BCUT2D eigenvalue weighted by molar-refractivity contribution is 0.487. The Morgan fingerprint density at radius 2 is 2.47 bits per heavy atom. The van der Waals surface area contributed by atoms with Gasteiger partial charge in [-0.2, -0.15) is 5.10 Å². The van der Waals surface area contributed by atoms with Crippen LogP contribution in [0.25, 0.3) is 0 Å². The van der Waals surface area contributed by atoms with E-state index in [2.05, 4.69) is 34.1 Å². The standard InChI is InChI=1S/C13H17N3S/c1-16-9-10(8-15-16)7-14-13(11-4-5-11)12-3-2-6-17-12/h2-3,6,8-9,11,13-14H,4-5,7H2,1H3. The molecule has 4 heteroatoms. The monoisotopic (exact) mass is 247 g/mol. The molecule has 2 aromatic rings. The molecular weight excluding hydrogens is 230 g/mol. The van der Waals surface area contributed by atoms with Crippen molar-refractivity contribution in [1.29, 1.82) is 0 Å². The fourth-order valence-corrected chi connectivity index (χ4v) is 3.08. The van der Waals surface area contributed by atoms with Crippen LogP contribution in [0.3, 0.4) is 0 Å². The minimum Gasteiger partial charge on any atom is -0.305 e. The Bertz CT molecular complexity index is 471. The van der Waals surface area contributed by atoms with Crippen molar-refractivity contribution < 1.29 is 0 Å². The van der Waals surface area contributed by atoms with E-state index in [-0.39, 0.29) is 0 Å². The van der Waals surface area contributed by atoms with Gasteiger partial charge in [-0.25, -0.2) is 0 Å². The van der Waals surface area contributed by atoms with E-state index in [1.54, 1.807) is 0 Å². The highest BCUT2D eigenvalue weighted by Gasteiger charge is 2.32. The number of nitrogens with one attached hydrogen (secondary N) is 1. The van der Waals surface area contributed by atoms with Crippen molar-refractivity contribution in [3.63, 3.8) is 0 Å². The lowest BCUT2D eigenvalue weighted by atomic mass is 10.1. The molecule has 1 aliphatic rings. The molecule has 0 aliphatic heterocycles. The van der Waals surface area contributed by atoms with E-state index in [4.69, 9.17) is 0 Å². The summed E-state index contributed by atoms with van der Waals surface area (Å²) in [6.45, 7) is 0.910. The number of rotatable bonds is 5. The molecule has 0 saturated heterocycles. The topological polar surface area (TPSA) is 29.9 Å². The van der Waals surface area contributed by atoms with Gasteiger partial charge in [0.2, 0.25) is 0 Å². The maximum absolute atomic E-state index is 4.20. The Hall–Kier alpha value is -1.13. The molecule has 1 atom stereocenters. The predicted molar refractivity (Wildman–Crippen MR) is 69.8 cm³/mol. The molecule has 1 N–H and O–H groups in total. The van der Waals surface area contributed by atoms with Gasteiger partial charge in [-0.1, -0.05) is 6.07 Å². The smallest absolute Gasteiger partial charge is 0.0534 e. The van der Waals surface area contributed by atoms with Crippen molar-refractivity contribution in [3.8, 4) is 0 Å². The third kappa shape index (κ3) is 2.58. The second-order valence-corrected chi connectivity index (χ2v) is 5.71. The van der Waals surface area contributed by atoms with Crippen LogP contribution in [0.1, 0.15) is 29.3 Å². The number of hydrogen-bond acceptors (Lipinski definition) is 3. The summed E-state index contributed by atoms with van der Waals surface area (Å²) in [7, 11) is 1.96. The van der Waals surface area contributed by atoms with Gasteiger partial charge in [-0.05, 0) is 30.2 Å². The number of aryl methyl sites for hydroxylation is 1. The van der Waals surface area contributed by atoms with Crippen LogP contribution in [-0.4, -0.2) is 9.78 Å². The maximum Gasteiger partial charge on any atom is 0.0534 e. The van der Waals surface area contributed by atoms with Gasteiger partial charge in [-0.3, -0.25) is 4.68 Å². The summed E-state index contributed by atoms with van der Waals surface area (Å²) in [5, 5.41) is 10.0. The van der Waals surface area contributed by atoms with Gasteiger partial charge in [0.1, 0.15) is 0 Å². The van der Waals surface area contributed by atoms with Crippen LogP contribution >= 0.6 is 11.3 Å². The highest BCUT2D eigenvalue weighted by Crippen LogP contribution is 2.42. The van der Waals surface area contributed by atoms with Crippen molar-refractivity contribution in [3.05, 3.63) is 40.3 Å². The molecule has 0 radical (unpaired) electrons. The van der Waals surface area contributed by atoms with E-state index in [1.165, 1.54) is 23.3 Å². The van der Waals surface area contributed by atoms with Crippen LogP contribution in [0, 0.1) is 5.92 Å². The Kier molecular flexibility index (Phi) is 2.99. The molecule has 90 valence electrons. The zero-order valence-electron chi connectivity index (χ0n) is 9.97. The number of thiophene rings is 1. The first-order chi connectivity index (χ1) is 8.33. The van der Waals surface area contributed by atoms with Gasteiger partial charge < -0.3 is 5.32 Å². The van der Waals surface area contributed by atoms with Crippen molar-refractivity contribution in [2.75, 3.05) is 0 Å². The fraction of sp³-hybridized carbons (Fsp3) is 0.462. The van der Waals surface area contributed by atoms with E-state index in [9.17, 15) is 0 Å². The second-order valence-electron chi connectivity index (χ2n) is 4.73. The summed E-state index contributed by atoms with van der Waals surface area (Å²) in [4.78, 5) is 1.47. The van der Waals surface area contributed by atoms with Gasteiger partial charge in [0.05, 0.1) is 6.20 Å². The van der Waals surface area contributed by atoms with Crippen LogP contribution in [0.2, 0.25) is 0 Å². The molecule has 0 amide bonds. The number of nitrogens with zero attached hydrogens (tertiary/aromatic N) is 2. The van der Waals surface area contributed by atoms with Gasteiger partial charge in [0.25, 0.3) is 0 Å². The molecule has 2 aromatic heterocycles. The Morgan fingerprint density at radius 1 is 1.59 bits per heavy atom. The molecule has 3 rings (SSSR count). The summed E-state index contributed by atoms with van der Waals surface area (Å²) in [6, 6.07) is 4.92. The first-order valence-electron chi connectivity index (χ1n) is 6.07. The third-order valence-electron chi connectivity index (χ3n) is 3.23. The lowest BCUT2D eigenvalue weighted by Crippen LogP contribution is -2.21. The Morgan fingerprint density at radius 3 is 3.06 bits per heavy atom. The van der Waals surface area contributed by atoms with Crippen LogP contribution in [-0.2, 0) is 13.6 Å². The van der Waals surface area contributed by atoms with E-state index in [0.29, 0.717) is 6.04 Å². The lowest BCUT2D eigenvalue weighted by Gasteiger charge is -2.16. The predicted octanol–water partition coefficient (Wildman–Crippen LogP) is 2.72. The average Bonchev–Trinajstić information content (AvgIpc) is 2.85. The van der Waals surface area contributed by atoms with Crippen molar-refractivity contribution in [1.82, 2.24) is 15.1 Å². The van der Waals surface area contributed by atoms with E-state index < -0.39 is 0 Å². The summed E-state index contributed by atoms with van der Waals surface area (Å²) >= 11 is 1.86. The molecule has 1 saturated carbocycles. The minimum absolute atomic E-state index is 0.537. The van der Waals surface area contributed by atoms with E-state index in [0.717, 1.165) is 12.5 Å². The molecular formula is C13H17N3S. The summed E-state index contributed by atoms with van der Waals surface area (Å²) in [5.41, 5.74) is 1.26. The van der Waals surface area contributed by atoms with Gasteiger partial charge >= 0.3 is 0 Å². The Balaban J connectivity index is 1.65. The van der Waals surface area contributed by atoms with Crippen LogP contribution in [0.15, 0.2) is 29.9 Å². The fourth-order valence-electron chi connectivity index (χ4n) is 2.19. The second kappa shape index (κ2) is 4.63. The summed E-state index contributed by atoms with van der Waals surface area (Å²) in [5.74, 6) is 0.838. The molecule has 0 aromatic carbocycles. The molecule has 3 nitrogen and oxygen atoms in total. The molecule has 2 heterocycles. The summed E-state index contributed by atoms with van der Waals surface area (Å²) < 4.78 is 1.86. The van der Waals surface area contributed by atoms with Gasteiger partial charge in [-0.15, -0.1) is 11.3 Å². The van der Waals surface area contributed by atoms with Crippen LogP contribution < -0.4 is 5.32 Å². The van der Waals surface area contributed by atoms with Crippen LogP contribution in [0.4, 0.5) is 0 Å². The first-order valence-corrected chi connectivity index (χ1v) is 6.95. The van der Waals surface area contributed by atoms with E-state index >= 15 is 0 Å². The molecule has 0 bridgehead atoms. The molecule has 1 unspecified atom stereocenters. The third-order valence-corrected chi connectivity index (χ3v) is 4.18. The largest absolute Gasteiger partial charge is 0.305 e. The van der Waals surface area contributed by atoms with Crippen molar-refractivity contribution in [2.45, 2.75) is 25.4 Å².